The van der Waals surface area contributed by atoms with E-state index in [1.54, 1.807) is 6.92 Å². The summed E-state index contributed by atoms with van der Waals surface area (Å²) in [7, 11) is 1.87. The van der Waals surface area contributed by atoms with Gasteiger partial charge in [-0.15, -0.1) is 0 Å². The third-order valence-electron chi connectivity index (χ3n) is 4.63. The topological polar surface area (TPSA) is 55.6 Å². The van der Waals surface area contributed by atoms with Crippen LogP contribution in [0.4, 0.5) is 0 Å². The number of carbonyl (C=O) groups is 1. The molecule has 0 aliphatic heterocycles. The SMILES string of the molecule is CCOC1CC(N(C)C(=O)[C@@H](C)N)C1(CC)CC. The molecule has 0 radical (unpaired) electrons. The maximum absolute atomic E-state index is 12.0. The average molecular weight is 256 g/mol. The molecule has 1 fully saturated rings. The zero-order valence-electron chi connectivity index (χ0n) is 12.4. The van der Waals surface area contributed by atoms with E-state index in [4.69, 9.17) is 10.5 Å². The molecular weight excluding hydrogens is 228 g/mol. The number of amides is 1. The first-order valence-corrected chi connectivity index (χ1v) is 7.08. The lowest BCUT2D eigenvalue weighted by atomic mass is 9.58. The Balaban J connectivity index is 2.81. The smallest absolute Gasteiger partial charge is 0.239 e. The molecule has 3 atom stereocenters. The quantitative estimate of drug-likeness (QED) is 0.788. The van der Waals surface area contributed by atoms with Crippen LogP contribution >= 0.6 is 0 Å². The first-order chi connectivity index (χ1) is 8.44. The first kappa shape index (κ1) is 15.4. The molecule has 0 aromatic carbocycles. The highest BCUT2D eigenvalue weighted by Gasteiger charge is 2.55. The van der Waals surface area contributed by atoms with Gasteiger partial charge in [-0.1, -0.05) is 13.8 Å². The molecule has 1 rings (SSSR count). The van der Waals surface area contributed by atoms with Crippen LogP contribution < -0.4 is 5.73 Å². The van der Waals surface area contributed by atoms with Gasteiger partial charge in [-0.25, -0.2) is 0 Å². The van der Waals surface area contributed by atoms with Gasteiger partial charge in [0, 0.05) is 25.1 Å². The van der Waals surface area contributed by atoms with E-state index in [2.05, 4.69) is 13.8 Å². The fourth-order valence-corrected chi connectivity index (χ4v) is 3.36. The first-order valence-electron chi connectivity index (χ1n) is 7.08. The fourth-order valence-electron chi connectivity index (χ4n) is 3.36. The predicted octanol–water partition coefficient (Wildman–Crippen LogP) is 1.78. The second-order valence-corrected chi connectivity index (χ2v) is 5.37. The molecule has 0 spiro atoms. The lowest BCUT2D eigenvalue weighted by Crippen LogP contribution is -2.65. The molecular formula is C14H28N2O2. The maximum Gasteiger partial charge on any atom is 0.239 e. The molecule has 106 valence electrons. The van der Waals surface area contributed by atoms with Crippen molar-refractivity contribution in [2.24, 2.45) is 11.1 Å². The Kier molecular flexibility index (Phi) is 5.17. The van der Waals surface area contributed by atoms with Gasteiger partial charge in [0.05, 0.1) is 12.1 Å². The van der Waals surface area contributed by atoms with Crippen molar-refractivity contribution in [2.45, 2.75) is 65.1 Å². The van der Waals surface area contributed by atoms with Crippen molar-refractivity contribution in [3.05, 3.63) is 0 Å². The lowest BCUT2D eigenvalue weighted by molar-refractivity contribution is -0.177. The fraction of sp³-hybridized carbons (Fsp3) is 0.929. The van der Waals surface area contributed by atoms with Crippen LogP contribution in [-0.2, 0) is 9.53 Å². The Morgan fingerprint density at radius 1 is 1.44 bits per heavy atom. The zero-order valence-corrected chi connectivity index (χ0v) is 12.4. The molecule has 0 saturated heterocycles. The Hall–Kier alpha value is -0.610. The van der Waals surface area contributed by atoms with E-state index in [1.165, 1.54) is 0 Å². The van der Waals surface area contributed by atoms with Gasteiger partial charge in [0.1, 0.15) is 0 Å². The Morgan fingerprint density at radius 2 is 2.00 bits per heavy atom. The molecule has 2 unspecified atom stereocenters. The van der Waals surface area contributed by atoms with Crippen molar-refractivity contribution in [2.75, 3.05) is 13.7 Å². The van der Waals surface area contributed by atoms with Crippen LogP contribution in [0.2, 0.25) is 0 Å². The minimum absolute atomic E-state index is 0.0289. The number of hydrogen-bond acceptors (Lipinski definition) is 3. The summed E-state index contributed by atoms with van der Waals surface area (Å²) in [6, 6.07) is -0.157. The summed E-state index contributed by atoms with van der Waals surface area (Å²) in [5.74, 6) is 0.0289. The van der Waals surface area contributed by atoms with E-state index < -0.39 is 6.04 Å². The Labute approximate surface area is 111 Å². The summed E-state index contributed by atoms with van der Waals surface area (Å²) in [6.07, 6.45) is 3.29. The molecule has 1 aliphatic rings. The second kappa shape index (κ2) is 6.02. The average Bonchev–Trinajstić information content (AvgIpc) is 2.34. The van der Waals surface area contributed by atoms with Crippen LogP contribution in [-0.4, -0.2) is 42.6 Å². The standard InChI is InChI=1S/C14H28N2O2/c1-6-14(7-2)11(9-12(14)18-8-3)16(5)13(17)10(4)15/h10-12H,6-9,15H2,1-5H3/t10-,11?,12?/m1/s1. The van der Waals surface area contributed by atoms with Crippen LogP contribution in [0.1, 0.15) is 47.0 Å². The second-order valence-electron chi connectivity index (χ2n) is 5.37. The molecule has 18 heavy (non-hydrogen) atoms. The Morgan fingerprint density at radius 3 is 2.39 bits per heavy atom. The highest BCUT2D eigenvalue weighted by atomic mass is 16.5. The summed E-state index contributed by atoms with van der Waals surface area (Å²) in [6.45, 7) is 8.89. The van der Waals surface area contributed by atoms with Gasteiger partial charge in [0.25, 0.3) is 0 Å². The van der Waals surface area contributed by atoms with Crippen molar-refractivity contribution in [1.29, 1.82) is 0 Å². The summed E-state index contributed by atoms with van der Waals surface area (Å²) >= 11 is 0. The number of rotatable bonds is 6. The van der Waals surface area contributed by atoms with E-state index in [0.29, 0.717) is 0 Å². The highest BCUT2D eigenvalue weighted by Crippen LogP contribution is 2.51. The normalized spacial score (nSPS) is 27.4. The minimum atomic E-state index is -0.424. The summed E-state index contributed by atoms with van der Waals surface area (Å²) in [5, 5.41) is 0. The third kappa shape index (κ3) is 2.41. The number of nitrogens with two attached hydrogens (primary N) is 1. The van der Waals surface area contributed by atoms with Crippen molar-refractivity contribution in [3.63, 3.8) is 0 Å². The number of nitrogens with zero attached hydrogens (tertiary/aromatic N) is 1. The number of likely N-dealkylation sites (N-methyl/N-ethyl adjacent to an activating group) is 1. The Bertz CT molecular complexity index is 288. The molecule has 2 N–H and O–H groups in total. The maximum atomic E-state index is 12.0. The van der Waals surface area contributed by atoms with Gasteiger partial charge in [-0.3, -0.25) is 4.79 Å². The summed E-state index contributed by atoms with van der Waals surface area (Å²) < 4.78 is 5.83. The van der Waals surface area contributed by atoms with Gasteiger partial charge >= 0.3 is 0 Å². The van der Waals surface area contributed by atoms with Crippen LogP contribution in [0.15, 0.2) is 0 Å². The zero-order chi connectivity index (χ0) is 13.9. The van der Waals surface area contributed by atoms with Crippen molar-refractivity contribution >= 4 is 5.91 Å². The van der Waals surface area contributed by atoms with E-state index in [-0.39, 0.29) is 23.5 Å². The van der Waals surface area contributed by atoms with Crippen molar-refractivity contribution < 1.29 is 9.53 Å². The monoisotopic (exact) mass is 256 g/mol. The summed E-state index contributed by atoms with van der Waals surface area (Å²) in [5.41, 5.74) is 5.80. The molecule has 1 saturated carbocycles. The van der Waals surface area contributed by atoms with E-state index in [0.717, 1.165) is 25.9 Å². The number of hydrogen-bond donors (Lipinski definition) is 1. The van der Waals surface area contributed by atoms with E-state index in [1.807, 2.05) is 18.9 Å². The summed E-state index contributed by atoms with van der Waals surface area (Å²) in [4.78, 5) is 13.9. The number of carbonyl (C=O) groups excluding carboxylic acids is 1. The van der Waals surface area contributed by atoms with E-state index >= 15 is 0 Å². The van der Waals surface area contributed by atoms with Gasteiger partial charge in [0.2, 0.25) is 5.91 Å². The van der Waals surface area contributed by atoms with Gasteiger partial charge < -0.3 is 15.4 Å². The molecule has 4 nitrogen and oxygen atoms in total. The van der Waals surface area contributed by atoms with Gasteiger partial charge in [0.15, 0.2) is 0 Å². The highest BCUT2D eigenvalue weighted by molar-refractivity contribution is 5.81. The van der Waals surface area contributed by atoms with Gasteiger partial charge in [-0.2, -0.15) is 0 Å². The van der Waals surface area contributed by atoms with Gasteiger partial charge in [-0.05, 0) is 33.1 Å². The van der Waals surface area contributed by atoms with Crippen molar-refractivity contribution in [1.82, 2.24) is 4.90 Å². The van der Waals surface area contributed by atoms with Crippen LogP contribution in [0, 0.1) is 5.41 Å². The molecule has 1 amide bonds. The molecule has 4 heteroatoms. The predicted molar refractivity (Wildman–Crippen MR) is 73.3 cm³/mol. The molecule has 1 aliphatic carbocycles. The van der Waals surface area contributed by atoms with Crippen LogP contribution in [0.25, 0.3) is 0 Å². The number of ether oxygens (including phenoxy) is 1. The largest absolute Gasteiger partial charge is 0.378 e. The van der Waals surface area contributed by atoms with Crippen LogP contribution in [0.5, 0.6) is 0 Å². The molecule has 0 aromatic rings. The van der Waals surface area contributed by atoms with Crippen LogP contribution in [0.3, 0.4) is 0 Å². The lowest BCUT2D eigenvalue weighted by Gasteiger charge is -2.58. The molecule has 0 heterocycles. The molecule has 0 aromatic heterocycles. The molecule has 0 bridgehead atoms. The van der Waals surface area contributed by atoms with E-state index in [9.17, 15) is 4.79 Å². The van der Waals surface area contributed by atoms with Crippen molar-refractivity contribution in [3.8, 4) is 0 Å². The minimum Gasteiger partial charge on any atom is -0.378 e. The third-order valence-corrected chi connectivity index (χ3v) is 4.63.